The zero-order valence-corrected chi connectivity index (χ0v) is 6.42. The number of rotatable bonds is 3. The molecule has 0 aromatic carbocycles. The Morgan fingerprint density at radius 1 is 1.70 bits per heavy atom. The van der Waals surface area contributed by atoms with Gasteiger partial charge in [0.15, 0.2) is 0 Å². The van der Waals surface area contributed by atoms with Crippen LogP contribution >= 0.6 is 0 Å². The molecule has 10 heavy (non-hydrogen) atoms. The van der Waals surface area contributed by atoms with Crippen LogP contribution in [0, 0.1) is 0 Å². The third-order valence-electron chi connectivity index (χ3n) is 1.48. The molecule has 1 rings (SSSR count). The number of hydrogen-bond acceptors (Lipinski definition) is 1. The molecule has 0 bridgehead atoms. The van der Waals surface area contributed by atoms with E-state index in [1.807, 2.05) is 32.2 Å². The molecule has 0 aliphatic carbocycles. The fourth-order valence-electron chi connectivity index (χ4n) is 0.937. The Morgan fingerprint density at radius 3 is 3.00 bits per heavy atom. The highest BCUT2D eigenvalue weighted by molar-refractivity contribution is 5.05. The second-order valence-electron chi connectivity index (χ2n) is 2.22. The van der Waals surface area contributed by atoms with Crippen molar-refractivity contribution in [3.63, 3.8) is 0 Å². The zero-order valence-electron chi connectivity index (χ0n) is 6.42. The molecule has 1 N–H and O–H groups in total. The largest absolute Gasteiger partial charge is 0.373 e. The number of aromatic nitrogens is 1. The van der Waals surface area contributed by atoms with Gasteiger partial charge in [0.1, 0.15) is 0 Å². The Morgan fingerprint density at radius 2 is 2.50 bits per heavy atom. The molecular weight excluding hydrogens is 126 g/mol. The van der Waals surface area contributed by atoms with Gasteiger partial charge in [-0.2, -0.15) is 0 Å². The molecular formula is C8H13NO. The summed E-state index contributed by atoms with van der Waals surface area (Å²) in [5.41, 5.74) is 1.14. The van der Waals surface area contributed by atoms with Gasteiger partial charge in [-0.25, -0.2) is 0 Å². The standard InChI is InChI=1S/C8H13NO/c1-3-10-7(2)8-5-4-6-9-8/h4-7,9H,3H2,1-2H3. The monoisotopic (exact) mass is 139 g/mol. The Labute approximate surface area is 61.2 Å². The SMILES string of the molecule is CCOC(C)c1ccc[nH]1. The van der Waals surface area contributed by atoms with E-state index in [4.69, 9.17) is 4.74 Å². The van der Waals surface area contributed by atoms with Gasteiger partial charge < -0.3 is 9.72 Å². The third kappa shape index (κ3) is 1.61. The topological polar surface area (TPSA) is 25.0 Å². The third-order valence-corrected chi connectivity index (χ3v) is 1.48. The Bertz CT molecular complexity index is 169. The number of H-pyrrole nitrogens is 1. The van der Waals surface area contributed by atoms with Gasteiger partial charge >= 0.3 is 0 Å². The summed E-state index contributed by atoms with van der Waals surface area (Å²) in [6.45, 7) is 4.80. The number of hydrogen-bond donors (Lipinski definition) is 1. The normalized spacial score (nSPS) is 13.4. The van der Waals surface area contributed by atoms with Crippen LogP contribution in [0.3, 0.4) is 0 Å². The van der Waals surface area contributed by atoms with Gasteiger partial charge in [0.25, 0.3) is 0 Å². The first-order valence-electron chi connectivity index (χ1n) is 3.59. The van der Waals surface area contributed by atoms with Gasteiger partial charge in [0, 0.05) is 18.5 Å². The highest BCUT2D eigenvalue weighted by Gasteiger charge is 2.02. The van der Waals surface area contributed by atoms with Crippen molar-refractivity contribution < 1.29 is 4.74 Å². The fourth-order valence-corrected chi connectivity index (χ4v) is 0.937. The number of ether oxygens (including phenoxy) is 1. The lowest BCUT2D eigenvalue weighted by Gasteiger charge is -2.08. The average Bonchev–Trinajstić information content (AvgIpc) is 2.38. The smallest absolute Gasteiger partial charge is 0.0944 e. The molecule has 1 heterocycles. The van der Waals surface area contributed by atoms with Crippen molar-refractivity contribution in [2.75, 3.05) is 6.61 Å². The first kappa shape index (κ1) is 7.35. The molecule has 1 aromatic heterocycles. The van der Waals surface area contributed by atoms with Crippen LogP contribution in [0.1, 0.15) is 25.6 Å². The van der Waals surface area contributed by atoms with Crippen LogP contribution in [0.2, 0.25) is 0 Å². The Hall–Kier alpha value is -0.760. The minimum absolute atomic E-state index is 0.194. The Kier molecular flexibility index (Phi) is 2.51. The molecule has 0 aliphatic rings. The second kappa shape index (κ2) is 3.42. The molecule has 2 heteroatoms. The van der Waals surface area contributed by atoms with Crippen LogP contribution in [-0.4, -0.2) is 11.6 Å². The lowest BCUT2D eigenvalue weighted by Crippen LogP contribution is -1.98. The summed E-state index contributed by atoms with van der Waals surface area (Å²) < 4.78 is 5.35. The maximum absolute atomic E-state index is 5.35. The molecule has 0 aliphatic heterocycles. The maximum Gasteiger partial charge on any atom is 0.0944 e. The highest BCUT2D eigenvalue weighted by Crippen LogP contribution is 2.12. The molecule has 0 saturated carbocycles. The van der Waals surface area contributed by atoms with Gasteiger partial charge in [-0.3, -0.25) is 0 Å². The number of nitrogens with one attached hydrogen (secondary N) is 1. The van der Waals surface area contributed by atoms with Gasteiger partial charge in [-0.05, 0) is 26.0 Å². The van der Waals surface area contributed by atoms with Crippen LogP contribution in [0.15, 0.2) is 18.3 Å². The van der Waals surface area contributed by atoms with Gasteiger partial charge in [0.05, 0.1) is 6.10 Å². The molecule has 1 atom stereocenters. The van der Waals surface area contributed by atoms with Crippen LogP contribution < -0.4 is 0 Å². The van der Waals surface area contributed by atoms with Crippen LogP contribution in [0.4, 0.5) is 0 Å². The van der Waals surface area contributed by atoms with Gasteiger partial charge in [0.2, 0.25) is 0 Å². The van der Waals surface area contributed by atoms with Crippen LogP contribution in [0.5, 0.6) is 0 Å². The lowest BCUT2D eigenvalue weighted by molar-refractivity contribution is 0.0737. The molecule has 1 aromatic rings. The Balaban J connectivity index is 2.50. The van der Waals surface area contributed by atoms with Gasteiger partial charge in [-0.1, -0.05) is 0 Å². The van der Waals surface area contributed by atoms with E-state index in [0.29, 0.717) is 0 Å². The molecule has 0 saturated heterocycles. The van der Waals surface area contributed by atoms with E-state index >= 15 is 0 Å². The summed E-state index contributed by atoms with van der Waals surface area (Å²) >= 11 is 0. The predicted molar refractivity (Wildman–Crippen MR) is 40.8 cm³/mol. The molecule has 0 spiro atoms. The highest BCUT2D eigenvalue weighted by atomic mass is 16.5. The van der Waals surface area contributed by atoms with Crippen molar-refractivity contribution >= 4 is 0 Å². The average molecular weight is 139 g/mol. The lowest BCUT2D eigenvalue weighted by atomic mass is 10.3. The molecule has 2 nitrogen and oxygen atoms in total. The van der Waals surface area contributed by atoms with E-state index in [-0.39, 0.29) is 6.10 Å². The van der Waals surface area contributed by atoms with Crippen molar-refractivity contribution in [3.05, 3.63) is 24.0 Å². The van der Waals surface area contributed by atoms with Crippen LogP contribution in [-0.2, 0) is 4.74 Å². The predicted octanol–water partition coefficient (Wildman–Crippen LogP) is 2.11. The second-order valence-corrected chi connectivity index (χ2v) is 2.22. The minimum atomic E-state index is 0.194. The van der Waals surface area contributed by atoms with E-state index in [9.17, 15) is 0 Å². The van der Waals surface area contributed by atoms with E-state index in [0.717, 1.165) is 12.3 Å². The molecule has 56 valence electrons. The molecule has 0 amide bonds. The molecule has 1 unspecified atom stereocenters. The van der Waals surface area contributed by atoms with Crippen molar-refractivity contribution in [2.24, 2.45) is 0 Å². The van der Waals surface area contributed by atoms with Gasteiger partial charge in [-0.15, -0.1) is 0 Å². The summed E-state index contributed by atoms with van der Waals surface area (Å²) in [7, 11) is 0. The van der Waals surface area contributed by atoms with Crippen molar-refractivity contribution in [1.82, 2.24) is 4.98 Å². The van der Waals surface area contributed by atoms with E-state index in [1.165, 1.54) is 0 Å². The first-order valence-corrected chi connectivity index (χ1v) is 3.59. The summed E-state index contributed by atoms with van der Waals surface area (Å²) in [6, 6.07) is 4.01. The summed E-state index contributed by atoms with van der Waals surface area (Å²) in [5.74, 6) is 0. The van der Waals surface area contributed by atoms with Crippen molar-refractivity contribution in [3.8, 4) is 0 Å². The first-order chi connectivity index (χ1) is 4.84. The van der Waals surface area contributed by atoms with Crippen molar-refractivity contribution in [2.45, 2.75) is 20.0 Å². The fraction of sp³-hybridized carbons (Fsp3) is 0.500. The van der Waals surface area contributed by atoms with Crippen molar-refractivity contribution in [1.29, 1.82) is 0 Å². The quantitative estimate of drug-likeness (QED) is 0.681. The van der Waals surface area contributed by atoms with E-state index in [2.05, 4.69) is 4.98 Å². The summed E-state index contributed by atoms with van der Waals surface area (Å²) in [4.78, 5) is 3.10. The maximum atomic E-state index is 5.35. The van der Waals surface area contributed by atoms with Crippen LogP contribution in [0.25, 0.3) is 0 Å². The zero-order chi connectivity index (χ0) is 7.40. The molecule has 0 fully saturated rings. The van der Waals surface area contributed by atoms with E-state index in [1.54, 1.807) is 0 Å². The molecule has 0 radical (unpaired) electrons. The minimum Gasteiger partial charge on any atom is -0.373 e. The summed E-state index contributed by atoms with van der Waals surface area (Å²) in [6.07, 6.45) is 2.10. The number of aromatic amines is 1. The van der Waals surface area contributed by atoms with E-state index < -0.39 is 0 Å². The summed E-state index contributed by atoms with van der Waals surface area (Å²) in [5, 5.41) is 0.